The van der Waals surface area contributed by atoms with Gasteiger partial charge in [-0.25, -0.2) is 21.3 Å². The minimum Gasteiger partial charge on any atom is -0.398 e. The van der Waals surface area contributed by atoms with Crippen molar-refractivity contribution in [2.45, 2.75) is 27.7 Å². The van der Waals surface area contributed by atoms with E-state index in [-0.39, 0.29) is 0 Å². The summed E-state index contributed by atoms with van der Waals surface area (Å²) in [6.07, 6.45) is 0. The molecule has 2 aromatic carbocycles. The van der Waals surface area contributed by atoms with Gasteiger partial charge in [0.2, 0.25) is 0 Å². The Morgan fingerprint density at radius 3 is 1.18 bits per heavy atom. The van der Waals surface area contributed by atoms with Crippen LogP contribution in [0, 0.1) is 27.7 Å². The lowest BCUT2D eigenvalue weighted by atomic mass is 10.1. The van der Waals surface area contributed by atoms with Gasteiger partial charge in [-0.15, -0.1) is 0 Å². The van der Waals surface area contributed by atoms with Crippen molar-refractivity contribution in [3.63, 3.8) is 0 Å². The van der Waals surface area contributed by atoms with Crippen molar-refractivity contribution < 1.29 is 9.59 Å². The second-order valence-electron chi connectivity index (χ2n) is 8.03. The molecule has 0 atom stereocenters. The third-order valence-electron chi connectivity index (χ3n) is 4.85. The molecule has 0 aliphatic carbocycles. The number of hydrogen-bond acceptors (Lipinski definition) is 8. The van der Waals surface area contributed by atoms with Gasteiger partial charge < -0.3 is 22.9 Å². The maximum Gasteiger partial charge on any atom is 0.326 e. The number of hydrogen-bond donors (Lipinski definition) is 10. The number of rotatable bonds is 2. The summed E-state index contributed by atoms with van der Waals surface area (Å²) in [6.45, 7) is 7.95. The molecular formula is C24H36N12O2. The first-order valence-electron chi connectivity index (χ1n) is 11.2. The number of aromatic nitrogens is 4. The van der Waals surface area contributed by atoms with Gasteiger partial charge in [-0.2, -0.15) is 10.2 Å². The third-order valence-corrected chi connectivity index (χ3v) is 4.85. The van der Waals surface area contributed by atoms with Crippen LogP contribution >= 0.6 is 0 Å². The zero-order chi connectivity index (χ0) is 28.8. The van der Waals surface area contributed by atoms with E-state index in [1.54, 1.807) is 10.9 Å². The summed E-state index contributed by atoms with van der Waals surface area (Å²) >= 11 is 0. The van der Waals surface area contributed by atoms with Crippen molar-refractivity contribution in [2.75, 3.05) is 11.5 Å². The van der Waals surface area contributed by atoms with Crippen LogP contribution in [0.25, 0.3) is 22.5 Å². The molecule has 16 N–H and O–H groups in total. The van der Waals surface area contributed by atoms with Crippen LogP contribution in [0.3, 0.4) is 0 Å². The summed E-state index contributed by atoms with van der Waals surface area (Å²) in [5, 5.41) is 14.2. The molecule has 4 aromatic rings. The number of H-pyrrole nitrogens is 2. The van der Waals surface area contributed by atoms with Gasteiger partial charge in [0, 0.05) is 33.9 Å². The number of nitrogens with two attached hydrogens (primary N) is 6. The number of carbonyl (C=O) groups excluding carboxylic acids is 2. The third kappa shape index (κ3) is 10.7. The fourth-order valence-electron chi connectivity index (χ4n) is 2.73. The van der Waals surface area contributed by atoms with E-state index in [2.05, 4.69) is 43.5 Å². The van der Waals surface area contributed by atoms with Crippen LogP contribution in [0.4, 0.5) is 21.0 Å². The van der Waals surface area contributed by atoms with Crippen LogP contribution in [0.15, 0.2) is 48.5 Å². The number of benzene rings is 2. The molecule has 38 heavy (non-hydrogen) atoms. The maximum absolute atomic E-state index is 9.35. The minimum absolute atomic E-state index is 0.718. The Morgan fingerprint density at radius 1 is 0.658 bits per heavy atom. The molecule has 0 aliphatic rings. The number of anilines is 2. The van der Waals surface area contributed by atoms with Crippen LogP contribution in [-0.2, 0) is 0 Å². The van der Waals surface area contributed by atoms with Gasteiger partial charge in [0.05, 0.1) is 11.4 Å². The van der Waals surface area contributed by atoms with E-state index >= 15 is 0 Å². The van der Waals surface area contributed by atoms with Gasteiger partial charge in [0.1, 0.15) is 0 Å². The molecule has 0 fully saturated rings. The molecule has 2 heterocycles. The number of urea groups is 2. The van der Waals surface area contributed by atoms with Crippen molar-refractivity contribution in [3.8, 4) is 22.5 Å². The highest BCUT2D eigenvalue weighted by Gasteiger charge is 2.04. The monoisotopic (exact) mass is 524 g/mol. The largest absolute Gasteiger partial charge is 0.398 e. The van der Waals surface area contributed by atoms with Gasteiger partial charge >= 0.3 is 12.1 Å². The molecule has 0 spiro atoms. The molecule has 0 saturated heterocycles. The fourth-order valence-corrected chi connectivity index (χ4v) is 2.73. The maximum atomic E-state index is 9.35. The molecule has 0 saturated carbocycles. The molecular weight excluding hydrogens is 488 g/mol. The Kier molecular flexibility index (Phi) is 12.3. The molecule has 14 nitrogen and oxygen atoms in total. The quantitative estimate of drug-likeness (QED) is 0.0793. The highest BCUT2D eigenvalue weighted by molar-refractivity contribution is 5.71. The molecule has 0 aliphatic heterocycles. The Morgan fingerprint density at radius 2 is 0.974 bits per heavy atom. The molecule has 0 unspecified atom stereocenters. The number of nitrogens with zero attached hydrogens (tertiary/aromatic N) is 2. The number of hydrazine groups is 2. The predicted molar refractivity (Wildman–Crippen MR) is 150 cm³/mol. The number of nitrogens with one attached hydrogen (secondary N) is 4. The summed E-state index contributed by atoms with van der Waals surface area (Å²) in [4.78, 5) is 18.7. The van der Waals surface area contributed by atoms with Crippen molar-refractivity contribution >= 4 is 23.4 Å². The second-order valence-corrected chi connectivity index (χ2v) is 8.03. The Bertz CT molecular complexity index is 1230. The molecule has 204 valence electrons. The number of nitrogen functional groups attached to an aromatic ring is 2. The summed E-state index contributed by atoms with van der Waals surface area (Å²) in [6, 6.07) is 14.5. The second kappa shape index (κ2) is 15.1. The van der Waals surface area contributed by atoms with Gasteiger partial charge in [-0.05, 0) is 63.1 Å². The first-order chi connectivity index (χ1) is 17.9. The van der Waals surface area contributed by atoms with E-state index in [0.717, 1.165) is 56.4 Å². The van der Waals surface area contributed by atoms with Crippen LogP contribution in [-0.4, -0.2) is 32.5 Å². The molecule has 4 amide bonds. The van der Waals surface area contributed by atoms with Crippen LogP contribution in [0.5, 0.6) is 0 Å². The normalized spacial score (nSPS) is 9.42. The lowest BCUT2D eigenvalue weighted by Gasteiger charge is -2.01. The Hall–Kier alpha value is -5.08. The number of carbonyl (C=O) groups is 2. The standard InChI is InChI=1S/2C11H13N3.2CH5N3O/c2*1-7-3-4-9(6-10(7)12)11-5-8(2)13-14-11;2*2-1(5)4-3/h2*3-6H,12H2,1-2H3,(H,13,14);2*3H2,(H3,2,4,5). The number of aromatic amines is 2. The number of aryl methyl sites for hydroxylation is 4. The highest BCUT2D eigenvalue weighted by atomic mass is 16.2. The molecule has 2 aromatic heterocycles. The van der Waals surface area contributed by atoms with Gasteiger partial charge in [-0.3, -0.25) is 21.0 Å². The average Bonchev–Trinajstić information content (AvgIpc) is 3.52. The van der Waals surface area contributed by atoms with Gasteiger partial charge in [0.25, 0.3) is 0 Å². The first-order valence-corrected chi connectivity index (χ1v) is 11.2. The van der Waals surface area contributed by atoms with Crippen molar-refractivity contribution in [3.05, 3.63) is 71.0 Å². The smallest absolute Gasteiger partial charge is 0.326 e. The Balaban J connectivity index is 0.000000284. The Labute approximate surface area is 220 Å². The zero-order valence-corrected chi connectivity index (χ0v) is 21.8. The van der Waals surface area contributed by atoms with Crippen LogP contribution in [0.1, 0.15) is 22.5 Å². The summed E-state index contributed by atoms with van der Waals surface area (Å²) in [7, 11) is 0. The summed E-state index contributed by atoms with van der Waals surface area (Å²) in [5.74, 6) is 8.89. The topological polar surface area (TPSA) is 272 Å². The van der Waals surface area contributed by atoms with E-state index in [4.69, 9.17) is 11.5 Å². The van der Waals surface area contributed by atoms with Gasteiger partial charge in [-0.1, -0.05) is 24.3 Å². The summed E-state index contributed by atoms with van der Waals surface area (Å²) < 4.78 is 0. The predicted octanol–water partition coefficient (Wildman–Crippen LogP) is 1.61. The fraction of sp³-hybridized carbons (Fsp3) is 0.167. The van der Waals surface area contributed by atoms with Crippen LogP contribution in [0.2, 0.25) is 0 Å². The van der Waals surface area contributed by atoms with E-state index in [1.807, 2.05) is 76.2 Å². The van der Waals surface area contributed by atoms with Crippen molar-refractivity contribution in [1.29, 1.82) is 0 Å². The van der Waals surface area contributed by atoms with E-state index < -0.39 is 12.1 Å². The SMILES string of the molecule is Cc1cc(-c2ccc(C)c(N)c2)n[nH]1.Cc1cc(-c2ccc(C)c(N)c2)n[nH]1.NNC(N)=O.NNC(N)=O. The molecule has 0 radical (unpaired) electrons. The van der Waals surface area contributed by atoms with Gasteiger partial charge in [0.15, 0.2) is 0 Å². The number of primary amides is 2. The average molecular weight is 525 g/mol. The first kappa shape index (κ1) is 31.0. The highest BCUT2D eigenvalue weighted by Crippen LogP contribution is 2.23. The van der Waals surface area contributed by atoms with Crippen molar-refractivity contribution in [2.24, 2.45) is 23.2 Å². The lowest BCUT2D eigenvalue weighted by Crippen LogP contribution is -2.34. The van der Waals surface area contributed by atoms with E-state index in [9.17, 15) is 9.59 Å². The zero-order valence-electron chi connectivity index (χ0n) is 21.8. The molecule has 4 rings (SSSR count). The lowest BCUT2D eigenvalue weighted by molar-refractivity contribution is 0.248. The van der Waals surface area contributed by atoms with Crippen molar-refractivity contribution in [1.82, 2.24) is 31.2 Å². The summed E-state index contributed by atoms with van der Waals surface area (Å²) in [5.41, 5.74) is 33.7. The van der Waals surface area contributed by atoms with E-state index in [0.29, 0.717) is 0 Å². The molecule has 0 bridgehead atoms. The van der Waals surface area contributed by atoms with Crippen LogP contribution < -0.4 is 45.5 Å². The number of amides is 4. The van der Waals surface area contributed by atoms with E-state index in [1.165, 1.54) is 0 Å². The minimum atomic E-state index is -0.718. The molecule has 14 heteroatoms.